The average molecular weight is 531 g/mol. The molecule has 0 bridgehead atoms. The number of hydrogen-bond acceptors (Lipinski definition) is 4. The van der Waals surface area contributed by atoms with E-state index in [1.165, 1.54) is 72.4 Å². The Morgan fingerprint density at radius 3 is 1.00 bits per heavy atom. The number of fused-ring (bicyclic) bond motifs is 4. The quantitative estimate of drug-likeness (QED) is 0.213. The first-order valence-electron chi connectivity index (χ1n) is 11.8. The molecule has 0 spiro atoms. The van der Waals surface area contributed by atoms with Gasteiger partial charge in [-0.05, 0) is 21.5 Å². The minimum Gasteiger partial charge on any atom is -0.142 e. The fraction of sp³-hybridized carbons (Fsp3) is 0. The summed E-state index contributed by atoms with van der Waals surface area (Å²) in [5.74, 6) is 0. The molecule has 170 valence electrons. The van der Waals surface area contributed by atoms with E-state index in [0.717, 1.165) is 0 Å². The fourth-order valence-corrected chi connectivity index (χ4v) is 10.3. The van der Waals surface area contributed by atoms with Crippen LogP contribution in [-0.2, 0) is 0 Å². The molecule has 0 aliphatic rings. The Morgan fingerprint density at radius 2 is 0.611 bits per heavy atom. The van der Waals surface area contributed by atoms with Crippen molar-refractivity contribution in [2.24, 2.45) is 0 Å². The molecule has 0 N–H and O–H groups in total. The lowest BCUT2D eigenvalue weighted by Crippen LogP contribution is -1.72. The highest BCUT2D eigenvalue weighted by atomic mass is 32.1. The van der Waals surface area contributed by atoms with Gasteiger partial charge in [0, 0.05) is 32.3 Å². The van der Waals surface area contributed by atoms with Crippen LogP contribution in [0.15, 0.2) is 108 Å². The molecular weight excluding hydrogens is 513 g/mol. The summed E-state index contributed by atoms with van der Waals surface area (Å²) in [5.41, 5.74) is 0. The monoisotopic (exact) mass is 530 g/mol. The second-order valence-corrected chi connectivity index (χ2v) is 12.7. The van der Waals surface area contributed by atoms with E-state index >= 15 is 0 Å². The summed E-state index contributed by atoms with van der Waals surface area (Å²) in [6.07, 6.45) is 0. The third-order valence-electron chi connectivity index (χ3n) is 6.88. The number of hydrogen-bond donors (Lipinski definition) is 0. The zero-order chi connectivity index (χ0) is 23.6. The molecule has 0 unspecified atom stereocenters. The molecule has 0 saturated carbocycles. The van der Waals surface area contributed by atoms with Gasteiger partial charge >= 0.3 is 0 Å². The number of benzene rings is 4. The first kappa shape index (κ1) is 20.9. The van der Waals surface area contributed by atoms with Gasteiger partial charge in [-0.2, -0.15) is 0 Å². The van der Waals surface area contributed by atoms with Gasteiger partial charge in [-0.15, -0.1) is 45.3 Å². The van der Waals surface area contributed by atoms with Crippen LogP contribution in [0.5, 0.6) is 0 Å². The summed E-state index contributed by atoms with van der Waals surface area (Å²) in [6, 6.07) is 35.4. The highest BCUT2D eigenvalue weighted by Gasteiger charge is 2.22. The van der Waals surface area contributed by atoms with Gasteiger partial charge in [-0.3, -0.25) is 0 Å². The number of rotatable bonds is 3. The molecule has 4 heterocycles. The zero-order valence-electron chi connectivity index (χ0n) is 19.0. The van der Waals surface area contributed by atoms with Crippen molar-refractivity contribution in [2.75, 3.05) is 0 Å². The Hall–Kier alpha value is -3.28. The van der Waals surface area contributed by atoms with Crippen molar-refractivity contribution < 1.29 is 0 Å². The van der Waals surface area contributed by atoms with E-state index in [-0.39, 0.29) is 0 Å². The molecule has 0 aliphatic carbocycles. The molecule has 0 atom stereocenters. The third-order valence-corrected chi connectivity index (χ3v) is 11.8. The van der Waals surface area contributed by atoms with Crippen molar-refractivity contribution in [1.29, 1.82) is 0 Å². The average Bonchev–Trinajstić information content (AvgIpc) is 3.71. The molecule has 0 saturated heterocycles. The van der Waals surface area contributed by atoms with Crippen LogP contribution >= 0.6 is 45.3 Å². The van der Waals surface area contributed by atoms with Crippen molar-refractivity contribution in [3.63, 3.8) is 0 Å². The van der Waals surface area contributed by atoms with E-state index in [0.29, 0.717) is 0 Å². The van der Waals surface area contributed by atoms with Crippen LogP contribution in [0.25, 0.3) is 72.4 Å². The topological polar surface area (TPSA) is 0 Å². The Morgan fingerprint density at radius 1 is 0.306 bits per heavy atom. The van der Waals surface area contributed by atoms with Gasteiger partial charge in [-0.25, -0.2) is 0 Å². The van der Waals surface area contributed by atoms with Gasteiger partial charge in [0.15, 0.2) is 0 Å². The normalized spacial score (nSPS) is 11.9. The molecule has 8 rings (SSSR count). The summed E-state index contributed by atoms with van der Waals surface area (Å²) >= 11 is 7.63. The van der Waals surface area contributed by atoms with Gasteiger partial charge in [0.25, 0.3) is 0 Å². The SMILES string of the molecule is c1ccc2c(-c3sc(-c4sc(-c5scc6ccccc56)c5ccccc45)c4ccccc34)scc2c1. The summed E-state index contributed by atoms with van der Waals surface area (Å²) in [6.45, 7) is 0. The molecule has 4 aromatic carbocycles. The Balaban J connectivity index is 1.42. The maximum Gasteiger partial charge on any atom is 0.0534 e. The highest BCUT2D eigenvalue weighted by molar-refractivity contribution is 7.31. The molecular formula is C32H18S4. The molecule has 36 heavy (non-hydrogen) atoms. The van der Waals surface area contributed by atoms with E-state index in [4.69, 9.17) is 0 Å². The minimum atomic E-state index is 1.32. The standard InChI is InChI=1S/C32H18S4/c1-3-11-21-19(9-1)17-33-27(21)29-23-13-5-7-15-25(23)31(35-29)32-26-16-8-6-14-24(26)30(36-32)28-22-12-4-2-10-20(22)18-34-28/h1-18H. The van der Waals surface area contributed by atoms with E-state index in [9.17, 15) is 0 Å². The molecule has 0 nitrogen and oxygen atoms in total. The van der Waals surface area contributed by atoms with Crippen molar-refractivity contribution in [3.8, 4) is 29.3 Å². The predicted molar refractivity (Wildman–Crippen MR) is 164 cm³/mol. The number of thiophene rings is 4. The van der Waals surface area contributed by atoms with Crippen LogP contribution in [0.2, 0.25) is 0 Å². The lowest BCUT2D eigenvalue weighted by atomic mass is 10.1. The lowest BCUT2D eigenvalue weighted by molar-refractivity contribution is 1.82. The van der Waals surface area contributed by atoms with Gasteiger partial charge in [0.2, 0.25) is 0 Å². The Bertz CT molecular complexity index is 1910. The summed E-state index contributed by atoms with van der Waals surface area (Å²) in [5, 5.41) is 15.3. The second-order valence-electron chi connectivity index (χ2n) is 8.92. The molecule has 0 aliphatic heterocycles. The Labute approximate surface area is 224 Å². The maximum absolute atomic E-state index is 2.30. The van der Waals surface area contributed by atoms with Crippen molar-refractivity contribution in [3.05, 3.63) is 108 Å². The minimum absolute atomic E-state index is 1.32. The Kier molecular flexibility index (Phi) is 4.71. The largest absolute Gasteiger partial charge is 0.142 e. The smallest absolute Gasteiger partial charge is 0.0534 e. The van der Waals surface area contributed by atoms with Gasteiger partial charge < -0.3 is 0 Å². The van der Waals surface area contributed by atoms with Crippen LogP contribution in [0, 0.1) is 0 Å². The van der Waals surface area contributed by atoms with Crippen molar-refractivity contribution >= 4 is 88.4 Å². The van der Waals surface area contributed by atoms with E-state index in [1.807, 2.05) is 45.3 Å². The second kappa shape index (κ2) is 8.12. The van der Waals surface area contributed by atoms with Crippen molar-refractivity contribution in [1.82, 2.24) is 0 Å². The first-order chi connectivity index (χ1) is 17.9. The van der Waals surface area contributed by atoms with Crippen LogP contribution in [0.4, 0.5) is 0 Å². The van der Waals surface area contributed by atoms with E-state index < -0.39 is 0 Å². The fourth-order valence-electron chi connectivity index (χ4n) is 5.19. The molecule has 0 amide bonds. The van der Waals surface area contributed by atoms with E-state index in [1.54, 1.807) is 0 Å². The van der Waals surface area contributed by atoms with Crippen LogP contribution in [-0.4, -0.2) is 0 Å². The highest BCUT2D eigenvalue weighted by Crippen LogP contribution is 2.54. The first-order valence-corrected chi connectivity index (χ1v) is 15.2. The summed E-state index contributed by atoms with van der Waals surface area (Å²) in [4.78, 5) is 8.28. The molecule has 4 aromatic heterocycles. The third kappa shape index (κ3) is 3.02. The predicted octanol–water partition coefficient (Wildman–Crippen LogP) is 11.5. The summed E-state index contributed by atoms with van der Waals surface area (Å²) in [7, 11) is 0. The van der Waals surface area contributed by atoms with Gasteiger partial charge in [-0.1, -0.05) is 97.1 Å². The molecule has 0 radical (unpaired) electrons. The van der Waals surface area contributed by atoms with Crippen molar-refractivity contribution in [2.45, 2.75) is 0 Å². The van der Waals surface area contributed by atoms with Crippen LogP contribution < -0.4 is 0 Å². The molecule has 0 fully saturated rings. The summed E-state index contributed by atoms with van der Waals surface area (Å²) < 4.78 is 0. The van der Waals surface area contributed by atoms with Crippen LogP contribution in [0.3, 0.4) is 0 Å². The van der Waals surface area contributed by atoms with Gasteiger partial charge in [0.05, 0.1) is 29.3 Å². The van der Waals surface area contributed by atoms with Gasteiger partial charge in [0.1, 0.15) is 0 Å². The maximum atomic E-state index is 2.30. The zero-order valence-corrected chi connectivity index (χ0v) is 22.3. The molecule has 8 aromatic rings. The molecule has 4 heteroatoms. The van der Waals surface area contributed by atoms with E-state index in [2.05, 4.69) is 108 Å². The lowest BCUT2D eigenvalue weighted by Gasteiger charge is -1.97. The van der Waals surface area contributed by atoms with Crippen LogP contribution in [0.1, 0.15) is 0 Å².